The molecular weight excluding hydrogens is 364 g/mol. The van der Waals surface area contributed by atoms with Crippen LogP contribution in [-0.4, -0.2) is 26.1 Å². The van der Waals surface area contributed by atoms with E-state index in [0.717, 1.165) is 35.0 Å². The highest BCUT2D eigenvalue weighted by molar-refractivity contribution is 6.07. The minimum atomic E-state index is -0.0495. The van der Waals surface area contributed by atoms with Gasteiger partial charge >= 0.3 is 0 Å². The second-order valence-electron chi connectivity index (χ2n) is 7.14. The third kappa shape index (κ3) is 4.10. The van der Waals surface area contributed by atoms with E-state index >= 15 is 0 Å². The smallest absolute Gasteiger partial charge is 0.279 e. The molecule has 0 radical (unpaired) electrons. The summed E-state index contributed by atoms with van der Waals surface area (Å²) >= 11 is 0. The molecule has 1 heterocycles. The van der Waals surface area contributed by atoms with E-state index in [9.17, 15) is 4.79 Å². The summed E-state index contributed by atoms with van der Waals surface area (Å²) in [4.78, 5) is 13.9. The lowest BCUT2D eigenvalue weighted by Gasteiger charge is -2.18. The van der Waals surface area contributed by atoms with E-state index in [4.69, 9.17) is 9.15 Å². The highest BCUT2D eigenvalue weighted by Gasteiger charge is 2.17. The van der Waals surface area contributed by atoms with Gasteiger partial charge in [-0.3, -0.25) is 4.79 Å². The van der Waals surface area contributed by atoms with Crippen molar-refractivity contribution in [3.8, 4) is 5.75 Å². The zero-order chi connectivity index (χ0) is 20.2. The Kier molecular flexibility index (Phi) is 5.49. The van der Waals surface area contributed by atoms with E-state index in [1.165, 1.54) is 10.5 Å². The number of nitrogens with one attached hydrogen (secondary N) is 2. The van der Waals surface area contributed by atoms with Gasteiger partial charge in [-0.1, -0.05) is 48.5 Å². The number of methoxy groups -OCH3 is 1. The Hall–Kier alpha value is -3.31. The Morgan fingerprint density at radius 3 is 2.52 bits per heavy atom. The summed E-state index contributed by atoms with van der Waals surface area (Å²) in [5, 5.41) is 5.01. The molecule has 4 aromatic rings. The number of likely N-dealkylation sites (N-methyl/N-ethyl adjacent to an activating group) is 1. The number of ether oxygens (including phenoxy) is 1. The number of benzene rings is 3. The fourth-order valence-electron chi connectivity index (χ4n) is 3.64. The molecule has 29 heavy (non-hydrogen) atoms. The average Bonchev–Trinajstić information content (AvgIpc) is 3.10. The highest BCUT2D eigenvalue weighted by atomic mass is 16.5. The van der Waals surface area contributed by atoms with Crippen molar-refractivity contribution in [1.29, 1.82) is 0 Å². The number of fused-ring (bicyclic) bond motifs is 3. The number of carbonyl (C=O) groups excluding carboxylic acids is 1. The van der Waals surface area contributed by atoms with Gasteiger partial charge in [-0.25, -0.2) is 0 Å². The molecule has 1 amide bonds. The normalized spacial score (nSPS) is 12.2. The topological polar surface area (TPSA) is 55.9 Å². The molecule has 1 atom stereocenters. The molecule has 3 aromatic carbocycles. The molecule has 1 aromatic heterocycles. The van der Waals surface area contributed by atoms with E-state index < -0.39 is 0 Å². The fraction of sp³-hybridized carbons (Fsp3) is 0.208. The Morgan fingerprint density at radius 1 is 1.00 bits per heavy atom. The first-order valence-corrected chi connectivity index (χ1v) is 9.84. The van der Waals surface area contributed by atoms with E-state index in [1.54, 1.807) is 7.11 Å². The summed E-state index contributed by atoms with van der Waals surface area (Å²) in [5.74, 6) is 0.574. The van der Waals surface area contributed by atoms with E-state index in [2.05, 4.69) is 24.4 Å². The summed E-state index contributed by atoms with van der Waals surface area (Å²) < 4.78 is 11.5. The largest absolute Gasteiger partial charge is 0.495 e. The lowest BCUT2D eigenvalue weighted by atomic mass is 10.1. The van der Waals surface area contributed by atoms with Gasteiger partial charge in [-0.15, -0.1) is 0 Å². The quantitative estimate of drug-likeness (QED) is 0.507. The fourth-order valence-corrected chi connectivity index (χ4v) is 3.64. The van der Waals surface area contributed by atoms with Gasteiger partial charge in [0, 0.05) is 22.4 Å². The van der Waals surface area contributed by atoms with Crippen molar-refractivity contribution < 1.29 is 18.8 Å². The number of hydrogen-bond acceptors (Lipinski definition) is 3. The number of amides is 1. The first-order chi connectivity index (χ1) is 14.2. The summed E-state index contributed by atoms with van der Waals surface area (Å²) in [6.45, 7) is 4.14. The van der Waals surface area contributed by atoms with Crippen molar-refractivity contribution in [1.82, 2.24) is 0 Å². The molecule has 2 N–H and O–H groups in total. The first kappa shape index (κ1) is 19.0. The number of carbonyl (C=O) groups is 1. The minimum absolute atomic E-state index is 0.0495. The number of rotatable bonds is 7. The predicted octanol–water partition coefficient (Wildman–Crippen LogP) is 3.64. The number of anilines is 1. The van der Waals surface area contributed by atoms with Crippen LogP contribution in [0, 0.1) is 0 Å². The van der Waals surface area contributed by atoms with Crippen LogP contribution in [0.25, 0.3) is 21.9 Å². The lowest BCUT2D eigenvalue weighted by Crippen LogP contribution is -3.11. The molecule has 0 aliphatic carbocycles. The summed E-state index contributed by atoms with van der Waals surface area (Å²) in [5.41, 5.74) is 3.39. The summed E-state index contributed by atoms with van der Waals surface area (Å²) in [7, 11) is 1.61. The molecular formula is C24H25N2O3+. The van der Waals surface area contributed by atoms with Gasteiger partial charge < -0.3 is 19.4 Å². The van der Waals surface area contributed by atoms with Gasteiger partial charge in [0.1, 0.15) is 23.5 Å². The van der Waals surface area contributed by atoms with Crippen LogP contribution in [-0.2, 0) is 11.3 Å². The van der Waals surface area contributed by atoms with Gasteiger partial charge in [-0.2, -0.15) is 0 Å². The van der Waals surface area contributed by atoms with Crippen LogP contribution >= 0.6 is 0 Å². The van der Waals surface area contributed by atoms with Crippen LogP contribution in [0.1, 0.15) is 12.5 Å². The maximum atomic E-state index is 12.7. The molecule has 0 aliphatic heterocycles. The van der Waals surface area contributed by atoms with Gasteiger partial charge in [0.05, 0.1) is 19.3 Å². The standard InChI is InChI=1S/C24H24N2O3/c1-3-26(15-17-9-5-4-6-10-17)16-24(27)25-20-14-22-19(13-23(20)28-2)18-11-7-8-12-21(18)29-22/h4-14H,3,15-16H2,1-2H3,(H,25,27)/p+1. The predicted molar refractivity (Wildman–Crippen MR) is 115 cm³/mol. The molecule has 148 valence electrons. The average molecular weight is 389 g/mol. The molecule has 0 spiro atoms. The van der Waals surface area contributed by atoms with Crippen molar-refractivity contribution in [2.75, 3.05) is 25.5 Å². The maximum absolute atomic E-state index is 12.7. The molecule has 5 heteroatoms. The summed E-state index contributed by atoms with van der Waals surface area (Å²) in [6.07, 6.45) is 0. The molecule has 0 aliphatic rings. The number of quaternary nitrogens is 1. The van der Waals surface area contributed by atoms with E-state index in [-0.39, 0.29) is 5.91 Å². The minimum Gasteiger partial charge on any atom is -0.495 e. The van der Waals surface area contributed by atoms with Crippen LogP contribution in [0.2, 0.25) is 0 Å². The summed E-state index contributed by atoms with van der Waals surface area (Å²) in [6, 6.07) is 21.9. The number of furan rings is 1. The highest BCUT2D eigenvalue weighted by Crippen LogP contribution is 2.36. The van der Waals surface area contributed by atoms with Crippen molar-refractivity contribution >= 4 is 33.5 Å². The van der Waals surface area contributed by atoms with Crippen molar-refractivity contribution in [3.05, 3.63) is 72.3 Å². The van der Waals surface area contributed by atoms with Crippen LogP contribution in [0.3, 0.4) is 0 Å². The van der Waals surface area contributed by atoms with Crippen molar-refractivity contribution in [2.45, 2.75) is 13.5 Å². The molecule has 5 nitrogen and oxygen atoms in total. The van der Waals surface area contributed by atoms with Crippen LogP contribution in [0.5, 0.6) is 5.75 Å². The monoisotopic (exact) mass is 389 g/mol. The number of para-hydroxylation sites is 1. The second-order valence-corrected chi connectivity index (χ2v) is 7.14. The van der Waals surface area contributed by atoms with Gasteiger partial charge in [0.2, 0.25) is 0 Å². The zero-order valence-corrected chi connectivity index (χ0v) is 16.7. The Bertz CT molecular complexity index is 1140. The van der Waals surface area contributed by atoms with E-state index in [0.29, 0.717) is 18.0 Å². The Labute approximate surface area is 169 Å². The van der Waals surface area contributed by atoms with Crippen molar-refractivity contribution in [3.63, 3.8) is 0 Å². The zero-order valence-electron chi connectivity index (χ0n) is 16.7. The molecule has 0 bridgehead atoms. The first-order valence-electron chi connectivity index (χ1n) is 9.84. The third-order valence-corrected chi connectivity index (χ3v) is 5.18. The Balaban J connectivity index is 1.54. The molecule has 0 saturated carbocycles. The van der Waals surface area contributed by atoms with Crippen LogP contribution in [0.15, 0.2) is 71.1 Å². The third-order valence-electron chi connectivity index (χ3n) is 5.18. The Morgan fingerprint density at radius 2 is 1.76 bits per heavy atom. The molecule has 1 unspecified atom stereocenters. The SMILES string of the molecule is CC[NH+](CC(=O)Nc1cc2oc3ccccc3c2cc1OC)Cc1ccccc1. The van der Waals surface area contributed by atoms with Crippen LogP contribution in [0.4, 0.5) is 5.69 Å². The van der Waals surface area contributed by atoms with E-state index in [1.807, 2.05) is 54.6 Å². The molecule has 4 rings (SSSR count). The van der Waals surface area contributed by atoms with Gasteiger partial charge in [0.25, 0.3) is 5.91 Å². The van der Waals surface area contributed by atoms with Gasteiger partial charge in [0.15, 0.2) is 6.54 Å². The number of hydrogen-bond donors (Lipinski definition) is 2. The molecule has 0 saturated heterocycles. The molecule has 0 fully saturated rings. The van der Waals surface area contributed by atoms with Gasteiger partial charge in [-0.05, 0) is 19.1 Å². The second kappa shape index (κ2) is 8.37. The van der Waals surface area contributed by atoms with Crippen LogP contribution < -0.4 is 15.0 Å². The maximum Gasteiger partial charge on any atom is 0.279 e. The van der Waals surface area contributed by atoms with Crippen molar-refractivity contribution in [2.24, 2.45) is 0 Å². The lowest BCUT2D eigenvalue weighted by molar-refractivity contribution is -0.903.